The summed E-state index contributed by atoms with van der Waals surface area (Å²) in [5, 5.41) is 3.50. The minimum atomic E-state index is -0.694. The van der Waals surface area contributed by atoms with Crippen LogP contribution in [0.1, 0.15) is 23.6 Å². The molecule has 8 heteroatoms. The molecule has 0 saturated heterocycles. The summed E-state index contributed by atoms with van der Waals surface area (Å²) in [6, 6.07) is 15.6. The van der Waals surface area contributed by atoms with Gasteiger partial charge in [-0.2, -0.15) is 0 Å². The summed E-state index contributed by atoms with van der Waals surface area (Å²) in [5.74, 6) is 0.684. The van der Waals surface area contributed by atoms with E-state index in [1.807, 2.05) is 30.3 Å². The van der Waals surface area contributed by atoms with Gasteiger partial charge < -0.3 is 19.7 Å². The van der Waals surface area contributed by atoms with Crippen LogP contribution in [0.4, 0.5) is 0 Å². The summed E-state index contributed by atoms with van der Waals surface area (Å²) >= 11 is 6.01. The van der Waals surface area contributed by atoms with Gasteiger partial charge in [0.05, 0.1) is 20.6 Å². The lowest BCUT2D eigenvalue weighted by Crippen LogP contribution is -2.48. The Morgan fingerprint density at radius 1 is 1.00 bits per heavy atom. The van der Waals surface area contributed by atoms with E-state index in [4.69, 9.17) is 21.1 Å². The Balaban J connectivity index is 1.78. The Hall–Kier alpha value is -3.58. The van der Waals surface area contributed by atoms with Gasteiger partial charge in [0.1, 0.15) is 6.04 Å². The van der Waals surface area contributed by atoms with Crippen molar-refractivity contribution in [2.45, 2.75) is 32.5 Å². The second-order valence-corrected chi connectivity index (χ2v) is 8.21. The van der Waals surface area contributed by atoms with Crippen LogP contribution in [0.3, 0.4) is 0 Å². The van der Waals surface area contributed by atoms with Gasteiger partial charge >= 0.3 is 0 Å². The lowest BCUT2D eigenvalue weighted by Gasteiger charge is -2.29. The molecule has 0 aliphatic rings. The lowest BCUT2D eigenvalue weighted by atomic mass is 10.1. The van der Waals surface area contributed by atoms with E-state index >= 15 is 0 Å². The third-order valence-corrected chi connectivity index (χ3v) is 5.68. The van der Waals surface area contributed by atoms with E-state index in [-0.39, 0.29) is 24.8 Å². The Morgan fingerprint density at radius 2 is 1.71 bits per heavy atom. The molecule has 1 aromatic heterocycles. The van der Waals surface area contributed by atoms with Crippen LogP contribution < -0.4 is 14.8 Å². The third-order valence-electron chi connectivity index (χ3n) is 5.43. The smallest absolute Gasteiger partial charge is 0.242 e. The molecule has 2 aromatic carbocycles. The van der Waals surface area contributed by atoms with Crippen LogP contribution in [0.5, 0.6) is 11.5 Å². The number of pyridine rings is 1. The summed E-state index contributed by atoms with van der Waals surface area (Å²) in [6.07, 6.45) is 3.47. The topological polar surface area (TPSA) is 80.8 Å². The summed E-state index contributed by atoms with van der Waals surface area (Å²) in [5.41, 5.74) is 2.51. The second-order valence-electron chi connectivity index (χ2n) is 7.77. The van der Waals surface area contributed by atoms with Crippen LogP contribution in [0.25, 0.3) is 0 Å². The summed E-state index contributed by atoms with van der Waals surface area (Å²) < 4.78 is 10.6. The fraction of sp³-hybridized carbons (Fsp3) is 0.269. The quantitative estimate of drug-likeness (QED) is 0.473. The SMILES string of the molecule is COc1ccc(CC(=O)N(Cc2ccc(Cl)cc2)[C@@H](C)C(=O)NCc2cccnc2)cc1OC. The molecule has 3 rings (SSSR count). The average molecular weight is 482 g/mol. The van der Waals surface area contributed by atoms with E-state index in [9.17, 15) is 9.59 Å². The first-order valence-corrected chi connectivity index (χ1v) is 11.2. The van der Waals surface area contributed by atoms with Gasteiger partial charge in [-0.3, -0.25) is 14.6 Å². The van der Waals surface area contributed by atoms with Crippen molar-refractivity contribution in [3.63, 3.8) is 0 Å². The minimum absolute atomic E-state index is 0.105. The molecule has 0 fully saturated rings. The Labute approximate surface area is 204 Å². The van der Waals surface area contributed by atoms with Crippen LogP contribution in [-0.2, 0) is 29.1 Å². The van der Waals surface area contributed by atoms with Gasteiger partial charge in [-0.1, -0.05) is 35.9 Å². The standard InChI is InChI=1S/C26H28ClN3O4/c1-18(26(32)29-16-21-5-4-12-28-15-21)30(17-19-6-9-22(27)10-7-19)25(31)14-20-8-11-23(33-2)24(13-20)34-3/h4-13,15,18H,14,16-17H2,1-3H3,(H,29,32)/t18-/m0/s1. The zero-order valence-corrected chi connectivity index (χ0v) is 20.2. The monoisotopic (exact) mass is 481 g/mol. The summed E-state index contributed by atoms with van der Waals surface area (Å²) in [6.45, 7) is 2.32. The van der Waals surface area contributed by atoms with Gasteiger partial charge in [0, 0.05) is 30.5 Å². The Morgan fingerprint density at radius 3 is 2.35 bits per heavy atom. The number of methoxy groups -OCH3 is 2. The van der Waals surface area contributed by atoms with E-state index in [2.05, 4.69) is 10.3 Å². The van der Waals surface area contributed by atoms with Crippen molar-refractivity contribution in [3.05, 3.63) is 88.7 Å². The minimum Gasteiger partial charge on any atom is -0.493 e. The molecule has 2 amide bonds. The number of benzene rings is 2. The van der Waals surface area contributed by atoms with E-state index in [0.29, 0.717) is 23.1 Å². The molecule has 0 radical (unpaired) electrons. The molecule has 1 heterocycles. The number of hydrogen-bond donors (Lipinski definition) is 1. The molecular weight excluding hydrogens is 454 g/mol. The summed E-state index contributed by atoms with van der Waals surface area (Å²) in [4.78, 5) is 32.0. The molecule has 0 unspecified atom stereocenters. The fourth-order valence-electron chi connectivity index (χ4n) is 3.48. The number of nitrogens with zero attached hydrogens (tertiary/aromatic N) is 2. The van der Waals surface area contributed by atoms with Gasteiger partial charge in [-0.05, 0) is 53.9 Å². The van der Waals surface area contributed by atoms with Crippen molar-refractivity contribution in [2.75, 3.05) is 14.2 Å². The van der Waals surface area contributed by atoms with Crippen molar-refractivity contribution < 1.29 is 19.1 Å². The highest BCUT2D eigenvalue weighted by atomic mass is 35.5. The van der Waals surface area contributed by atoms with Crippen LogP contribution >= 0.6 is 11.6 Å². The normalized spacial score (nSPS) is 11.4. The number of carbonyl (C=O) groups is 2. The number of halogens is 1. The molecule has 3 aromatic rings. The lowest BCUT2D eigenvalue weighted by molar-refractivity contribution is -0.140. The molecule has 0 saturated carbocycles. The predicted octanol–water partition coefficient (Wildman–Crippen LogP) is 4.03. The predicted molar refractivity (Wildman–Crippen MR) is 131 cm³/mol. The first-order chi connectivity index (χ1) is 16.4. The van der Waals surface area contributed by atoms with Crippen LogP contribution in [0.2, 0.25) is 5.02 Å². The Kier molecular flexibility index (Phi) is 8.87. The van der Waals surface area contributed by atoms with Crippen molar-refractivity contribution in [1.29, 1.82) is 0 Å². The van der Waals surface area contributed by atoms with E-state index < -0.39 is 6.04 Å². The molecule has 178 valence electrons. The third kappa shape index (κ3) is 6.71. The number of nitrogens with one attached hydrogen (secondary N) is 1. The molecule has 34 heavy (non-hydrogen) atoms. The maximum atomic E-state index is 13.4. The van der Waals surface area contributed by atoms with Crippen LogP contribution in [0.15, 0.2) is 67.0 Å². The van der Waals surface area contributed by atoms with Crippen molar-refractivity contribution in [3.8, 4) is 11.5 Å². The van der Waals surface area contributed by atoms with Crippen LogP contribution in [-0.4, -0.2) is 42.0 Å². The van der Waals surface area contributed by atoms with Gasteiger partial charge in [0.15, 0.2) is 11.5 Å². The number of ether oxygens (including phenoxy) is 2. The van der Waals surface area contributed by atoms with E-state index in [1.54, 1.807) is 62.7 Å². The molecule has 0 spiro atoms. The van der Waals surface area contributed by atoms with Crippen molar-refractivity contribution >= 4 is 23.4 Å². The summed E-state index contributed by atoms with van der Waals surface area (Å²) in [7, 11) is 3.10. The molecule has 1 N–H and O–H groups in total. The highest BCUT2D eigenvalue weighted by Crippen LogP contribution is 2.28. The molecule has 0 aliphatic heterocycles. The largest absolute Gasteiger partial charge is 0.493 e. The van der Waals surface area contributed by atoms with Crippen molar-refractivity contribution in [1.82, 2.24) is 15.2 Å². The molecule has 0 aliphatic carbocycles. The zero-order chi connectivity index (χ0) is 24.5. The molecule has 1 atom stereocenters. The van der Waals surface area contributed by atoms with E-state index in [0.717, 1.165) is 16.7 Å². The number of rotatable bonds is 10. The first-order valence-electron chi connectivity index (χ1n) is 10.8. The highest BCUT2D eigenvalue weighted by molar-refractivity contribution is 6.30. The number of amides is 2. The van der Waals surface area contributed by atoms with Gasteiger partial charge in [0.25, 0.3) is 0 Å². The van der Waals surface area contributed by atoms with Gasteiger partial charge in [-0.25, -0.2) is 0 Å². The maximum Gasteiger partial charge on any atom is 0.242 e. The highest BCUT2D eigenvalue weighted by Gasteiger charge is 2.26. The second kappa shape index (κ2) is 12.0. The molecule has 0 bridgehead atoms. The molecule has 7 nitrogen and oxygen atoms in total. The zero-order valence-electron chi connectivity index (χ0n) is 19.5. The van der Waals surface area contributed by atoms with Crippen molar-refractivity contribution in [2.24, 2.45) is 0 Å². The Bertz CT molecular complexity index is 1110. The number of carbonyl (C=O) groups excluding carboxylic acids is 2. The first kappa shape index (κ1) is 25.1. The van der Waals surface area contributed by atoms with Gasteiger partial charge in [-0.15, -0.1) is 0 Å². The van der Waals surface area contributed by atoms with E-state index in [1.165, 1.54) is 0 Å². The maximum absolute atomic E-state index is 13.4. The average Bonchev–Trinajstić information content (AvgIpc) is 2.86. The van der Waals surface area contributed by atoms with Gasteiger partial charge in [0.2, 0.25) is 11.8 Å². The number of aromatic nitrogens is 1. The van der Waals surface area contributed by atoms with Crippen LogP contribution in [0, 0.1) is 0 Å². The number of hydrogen-bond acceptors (Lipinski definition) is 5. The molecular formula is C26H28ClN3O4. The fourth-order valence-corrected chi connectivity index (χ4v) is 3.60.